The molecule has 1 aliphatic heterocycles. The van der Waals surface area contributed by atoms with Crippen molar-refractivity contribution in [2.75, 3.05) is 0 Å². The lowest BCUT2D eigenvalue weighted by atomic mass is 9.81. The number of hydrogen-bond donors (Lipinski definition) is 0. The highest BCUT2D eigenvalue weighted by Gasteiger charge is 2.29. The van der Waals surface area contributed by atoms with Crippen LogP contribution < -0.4 is 0 Å². The van der Waals surface area contributed by atoms with Crippen LogP contribution >= 0.6 is 0 Å². The molecule has 13 heavy (non-hydrogen) atoms. The maximum absolute atomic E-state index is 10.2. The zero-order chi connectivity index (χ0) is 10.1. The second-order valence-corrected chi connectivity index (χ2v) is 5.00. The zero-order valence-electron chi connectivity index (χ0n) is 8.83. The molecule has 0 aromatic heterocycles. The Morgan fingerprint density at radius 1 is 1.23 bits per heavy atom. The molecule has 1 fully saturated rings. The molecule has 0 N–H and O–H groups in total. The molecule has 0 aromatic rings. The lowest BCUT2D eigenvalue weighted by Crippen LogP contribution is -2.43. The van der Waals surface area contributed by atoms with Gasteiger partial charge in [-0.25, -0.2) is 0 Å². The fraction of sp³-hybridized carbons (Fsp3) is 0.900. The first-order valence-electron chi connectivity index (χ1n) is 4.68. The monoisotopic (exact) mass is 184 g/mol. The minimum absolute atomic E-state index is 0.0278. The van der Waals surface area contributed by atoms with Crippen LogP contribution in [0.15, 0.2) is 0 Å². The van der Waals surface area contributed by atoms with Gasteiger partial charge < -0.3 is 10.1 Å². The summed E-state index contributed by atoms with van der Waals surface area (Å²) in [7, 11) is 0. The highest BCUT2D eigenvalue weighted by atomic mass is 16.5. The van der Waals surface area contributed by atoms with Gasteiger partial charge in [0.25, 0.3) is 6.47 Å². The van der Waals surface area contributed by atoms with Gasteiger partial charge in [-0.3, -0.25) is 4.79 Å². The third-order valence-electron chi connectivity index (χ3n) is 2.31. The lowest BCUT2D eigenvalue weighted by Gasteiger charge is -2.58. The van der Waals surface area contributed by atoms with E-state index in [-0.39, 0.29) is 17.2 Å². The first-order chi connectivity index (χ1) is 5.85. The van der Waals surface area contributed by atoms with Gasteiger partial charge in [-0.2, -0.15) is 0 Å². The van der Waals surface area contributed by atoms with Crippen LogP contribution in [0.3, 0.4) is 0 Å². The normalized spacial score (nSPS) is 26.8. The van der Waals surface area contributed by atoms with E-state index < -0.39 is 0 Å². The maximum Gasteiger partial charge on any atom is 0.293 e. The standard InChI is InChI=1S/C10H18NO2/c1-9(2)5-8(13-7-12)6-10(3,4)11-9/h7-8H,5-6H2,1-4H3/q-1. The number of rotatable bonds is 2. The van der Waals surface area contributed by atoms with E-state index in [1.807, 2.05) is 0 Å². The summed E-state index contributed by atoms with van der Waals surface area (Å²) in [5.41, 5.74) is -0.148. The molecule has 0 bridgehead atoms. The Labute approximate surface area is 79.8 Å². The molecule has 1 heterocycles. The smallest absolute Gasteiger partial charge is 0.293 e. The van der Waals surface area contributed by atoms with Gasteiger partial charge in [0.15, 0.2) is 0 Å². The SMILES string of the molecule is CC1(C)CC(OC=O)CC(C)(C)[N-]1. The van der Waals surface area contributed by atoms with Crippen LogP contribution in [0.1, 0.15) is 40.5 Å². The Kier molecular flexibility index (Phi) is 2.66. The van der Waals surface area contributed by atoms with Crippen LogP contribution in [0.4, 0.5) is 0 Å². The molecular formula is C10H18NO2-. The van der Waals surface area contributed by atoms with Crippen LogP contribution in [0.25, 0.3) is 5.32 Å². The zero-order valence-corrected chi connectivity index (χ0v) is 8.83. The summed E-state index contributed by atoms with van der Waals surface area (Å²) in [6, 6.07) is 0. The largest absolute Gasteiger partial charge is 0.652 e. The highest BCUT2D eigenvalue weighted by Crippen LogP contribution is 2.40. The molecule has 1 aliphatic rings. The van der Waals surface area contributed by atoms with Gasteiger partial charge in [-0.1, -0.05) is 27.7 Å². The third-order valence-corrected chi connectivity index (χ3v) is 2.31. The van der Waals surface area contributed by atoms with Crippen molar-refractivity contribution in [2.45, 2.75) is 57.7 Å². The van der Waals surface area contributed by atoms with E-state index in [0.717, 1.165) is 12.8 Å². The average molecular weight is 184 g/mol. The second kappa shape index (κ2) is 3.29. The fourth-order valence-electron chi connectivity index (χ4n) is 2.27. The van der Waals surface area contributed by atoms with Gasteiger partial charge >= 0.3 is 0 Å². The summed E-state index contributed by atoms with van der Waals surface area (Å²) < 4.78 is 5.01. The molecule has 0 aliphatic carbocycles. The molecule has 1 saturated heterocycles. The molecule has 76 valence electrons. The number of ether oxygens (including phenoxy) is 1. The average Bonchev–Trinajstić information content (AvgIpc) is 1.78. The van der Waals surface area contributed by atoms with E-state index >= 15 is 0 Å². The van der Waals surface area contributed by atoms with Gasteiger partial charge in [0.2, 0.25) is 0 Å². The Morgan fingerprint density at radius 3 is 2.08 bits per heavy atom. The van der Waals surface area contributed by atoms with Crippen molar-refractivity contribution in [3.05, 3.63) is 5.32 Å². The predicted octanol–water partition coefficient (Wildman–Crippen LogP) is 2.25. The van der Waals surface area contributed by atoms with Crippen molar-refractivity contribution in [3.63, 3.8) is 0 Å². The molecular weight excluding hydrogens is 166 g/mol. The molecule has 3 nitrogen and oxygen atoms in total. The minimum atomic E-state index is -0.0740. The van der Waals surface area contributed by atoms with Gasteiger partial charge in [-0.15, -0.1) is 11.1 Å². The molecule has 3 heteroatoms. The van der Waals surface area contributed by atoms with E-state index in [9.17, 15) is 4.79 Å². The van der Waals surface area contributed by atoms with E-state index in [1.54, 1.807) is 0 Å². The fourth-order valence-corrected chi connectivity index (χ4v) is 2.27. The number of piperidine rings is 1. The molecule has 0 spiro atoms. The summed E-state index contributed by atoms with van der Waals surface area (Å²) in [4.78, 5) is 10.2. The van der Waals surface area contributed by atoms with Crippen LogP contribution in [-0.2, 0) is 9.53 Å². The molecule has 0 aromatic carbocycles. The molecule has 0 saturated carbocycles. The summed E-state index contributed by atoms with van der Waals surface area (Å²) in [6.45, 7) is 8.86. The van der Waals surface area contributed by atoms with Crippen LogP contribution in [-0.4, -0.2) is 23.7 Å². The van der Waals surface area contributed by atoms with E-state index in [2.05, 4.69) is 33.0 Å². The van der Waals surface area contributed by atoms with E-state index in [4.69, 9.17) is 4.74 Å². The number of nitrogens with zero attached hydrogens (tertiary/aromatic N) is 1. The molecule has 0 unspecified atom stereocenters. The van der Waals surface area contributed by atoms with Crippen molar-refractivity contribution >= 4 is 6.47 Å². The Bertz CT molecular complexity index is 183. The summed E-state index contributed by atoms with van der Waals surface area (Å²) in [5, 5.41) is 4.68. The van der Waals surface area contributed by atoms with Crippen molar-refractivity contribution < 1.29 is 9.53 Å². The van der Waals surface area contributed by atoms with E-state index in [0.29, 0.717) is 6.47 Å². The minimum Gasteiger partial charge on any atom is -0.652 e. The van der Waals surface area contributed by atoms with Gasteiger partial charge in [-0.05, 0) is 12.8 Å². The molecule has 1 rings (SSSR count). The first kappa shape index (κ1) is 10.5. The summed E-state index contributed by atoms with van der Waals surface area (Å²) >= 11 is 0. The number of hydrogen-bond acceptors (Lipinski definition) is 2. The maximum atomic E-state index is 10.2. The lowest BCUT2D eigenvalue weighted by molar-refractivity contribution is -0.135. The van der Waals surface area contributed by atoms with Crippen LogP contribution in [0, 0.1) is 0 Å². The number of carbonyl (C=O) groups is 1. The summed E-state index contributed by atoms with van der Waals surface area (Å²) in [5.74, 6) is 0. The Balaban J connectivity index is 2.66. The quantitative estimate of drug-likeness (QED) is 0.617. The Morgan fingerprint density at radius 2 is 1.69 bits per heavy atom. The topological polar surface area (TPSA) is 40.4 Å². The molecule has 0 amide bonds. The van der Waals surface area contributed by atoms with Crippen LogP contribution in [0.5, 0.6) is 0 Å². The third kappa shape index (κ3) is 2.99. The summed E-state index contributed by atoms with van der Waals surface area (Å²) in [6.07, 6.45) is 1.68. The molecule has 0 atom stereocenters. The van der Waals surface area contributed by atoms with Gasteiger partial charge in [0, 0.05) is 0 Å². The van der Waals surface area contributed by atoms with Crippen molar-refractivity contribution in [1.29, 1.82) is 0 Å². The van der Waals surface area contributed by atoms with Gasteiger partial charge in [0.05, 0.1) is 6.10 Å². The first-order valence-corrected chi connectivity index (χ1v) is 4.68. The molecule has 0 radical (unpaired) electrons. The Hall–Kier alpha value is -0.570. The van der Waals surface area contributed by atoms with Crippen molar-refractivity contribution in [1.82, 2.24) is 0 Å². The number of carbonyl (C=O) groups excluding carboxylic acids is 1. The predicted molar refractivity (Wildman–Crippen MR) is 51.7 cm³/mol. The second-order valence-electron chi connectivity index (χ2n) is 5.00. The van der Waals surface area contributed by atoms with Crippen LogP contribution in [0.2, 0.25) is 0 Å². The van der Waals surface area contributed by atoms with Crippen molar-refractivity contribution in [3.8, 4) is 0 Å². The van der Waals surface area contributed by atoms with Crippen molar-refractivity contribution in [2.24, 2.45) is 0 Å². The van der Waals surface area contributed by atoms with E-state index in [1.165, 1.54) is 0 Å². The highest BCUT2D eigenvalue weighted by molar-refractivity contribution is 5.38. The van der Waals surface area contributed by atoms with Gasteiger partial charge in [0.1, 0.15) is 0 Å².